The van der Waals surface area contributed by atoms with Gasteiger partial charge in [0, 0.05) is 11.1 Å². The van der Waals surface area contributed by atoms with E-state index in [0.29, 0.717) is 0 Å². The number of methoxy groups -OCH3 is 1. The molecule has 0 aliphatic carbocycles. The molecule has 5 aromatic rings. The van der Waals surface area contributed by atoms with Crippen molar-refractivity contribution in [2.24, 2.45) is 0 Å². The largest absolute Gasteiger partial charge is 0.497 e. The lowest BCUT2D eigenvalue weighted by Gasteiger charge is -2.05. The summed E-state index contributed by atoms with van der Waals surface area (Å²) >= 11 is 0. The lowest BCUT2D eigenvalue weighted by molar-refractivity contribution is 0.415. The van der Waals surface area contributed by atoms with Crippen molar-refractivity contribution in [1.82, 2.24) is 0 Å². The Morgan fingerprint density at radius 2 is 1.14 bits per heavy atom. The Balaban J connectivity index is 1.66. The second-order valence-corrected chi connectivity index (χ2v) is 6.87. The molecule has 0 N–H and O–H groups in total. The van der Waals surface area contributed by atoms with Crippen molar-refractivity contribution in [1.29, 1.82) is 0 Å². The topological polar surface area (TPSA) is 9.23 Å². The molecule has 1 nitrogen and oxygen atoms in total. The summed E-state index contributed by atoms with van der Waals surface area (Å²) in [4.78, 5) is 0. The van der Waals surface area contributed by atoms with Gasteiger partial charge < -0.3 is 4.74 Å². The van der Waals surface area contributed by atoms with E-state index in [1.165, 1.54) is 21.5 Å². The first-order valence-electron chi connectivity index (χ1n) is 9.32. The normalized spacial score (nSPS) is 10.8. The van der Waals surface area contributed by atoms with Crippen LogP contribution in [0.25, 0.3) is 32.3 Å². The van der Waals surface area contributed by atoms with Crippen LogP contribution >= 0.6 is 0 Å². The highest BCUT2D eigenvalue weighted by molar-refractivity contribution is 6.00. The van der Waals surface area contributed by atoms with Gasteiger partial charge in [-0.05, 0) is 74.8 Å². The summed E-state index contributed by atoms with van der Waals surface area (Å²) in [7, 11) is 1.69. The highest BCUT2D eigenvalue weighted by atomic mass is 16.5. The second-order valence-electron chi connectivity index (χ2n) is 6.87. The molecule has 0 fully saturated rings. The third-order valence-corrected chi connectivity index (χ3v) is 5.17. The first kappa shape index (κ1) is 16.4. The zero-order valence-corrected chi connectivity index (χ0v) is 15.6. The molecule has 0 amide bonds. The molecular weight excluding hydrogens is 340 g/mol. The van der Waals surface area contributed by atoms with Crippen LogP contribution in [0.1, 0.15) is 11.1 Å². The molecule has 0 atom stereocenters. The molecule has 0 aliphatic heterocycles. The van der Waals surface area contributed by atoms with Gasteiger partial charge in [-0.1, -0.05) is 60.4 Å². The van der Waals surface area contributed by atoms with Gasteiger partial charge in [-0.15, -0.1) is 0 Å². The summed E-state index contributed by atoms with van der Waals surface area (Å²) in [6.45, 7) is 0. The van der Waals surface area contributed by atoms with Crippen LogP contribution in [-0.4, -0.2) is 7.11 Å². The molecular formula is C27H18O. The Morgan fingerprint density at radius 3 is 1.86 bits per heavy atom. The van der Waals surface area contributed by atoms with Gasteiger partial charge in [-0.25, -0.2) is 0 Å². The van der Waals surface area contributed by atoms with E-state index in [1.54, 1.807) is 7.11 Å². The minimum atomic E-state index is 0.860. The zero-order chi connectivity index (χ0) is 18.9. The average Bonchev–Trinajstić information content (AvgIpc) is 2.75. The van der Waals surface area contributed by atoms with Crippen LogP contribution in [0.5, 0.6) is 5.75 Å². The Labute approximate surface area is 164 Å². The molecule has 0 radical (unpaired) electrons. The van der Waals surface area contributed by atoms with Gasteiger partial charge in [0.25, 0.3) is 0 Å². The minimum absolute atomic E-state index is 0.860. The molecule has 0 spiro atoms. The molecule has 1 heteroatoms. The molecule has 0 saturated carbocycles. The fourth-order valence-electron chi connectivity index (χ4n) is 3.71. The Kier molecular flexibility index (Phi) is 3.96. The van der Waals surface area contributed by atoms with Crippen molar-refractivity contribution in [2.45, 2.75) is 0 Å². The summed E-state index contributed by atoms with van der Waals surface area (Å²) in [5.41, 5.74) is 2.08. The number of hydrogen-bond donors (Lipinski definition) is 0. The molecule has 28 heavy (non-hydrogen) atoms. The number of ether oxygens (including phenoxy) is 1. The molecule has 0 aromatic heterocycles. The summed E-state index contributed by atoms with van der Waals surface area (Å²) in [6, 6.07) is 31.6. The first-order chi connectivity index (χ1) is 13.8. The predicted molar refractivity (Wildman–Crippen MR) is 118 cm³/mol. The van der Waals surface area contributed by atoms with E-state index in [9.17, 15) is 0 Å². The lowest BCUT2D eigenvalue weighted by Crippen LogP contribution is -1.85. The quantitative estimate of drug-likeness (QED) is 0.244. The van der Waals surface area contributed by atoms with E-state index in [0.717, 1.165) is 27.6 Å². The van der Waals surface area contributed by atoms with Crippen LogP contribution < -0.4 is 4.74 Å². The number of fused-ring (bicyclic) bond motifs is 3. The predicted octanol–water partition coefficient (Wildman–Crippen LogP) is 6.55. The number of hydrogen-bond acceptors (Lipinski definition) is 1. The average molecular weight is 358 g/mol. The van der Waals surface area contributed by atoms with E-state index in [4.69, 9.17) is 4.74 Å². The summed E-state index contributed by atoms with van der Waals surface area (Å²) in [5.74, 6) is 7.66. The summed E-state index contributed by atoms with van der Waals surface area (Å²) in [6.07, 6.45) is 0. The summed E-state index contributed by atoms with van der Waals surface area (Å²) in [5, 5.41) is 7.17. The Morgan fingerprint density at radius 1 is 0.536 bits per heavy atom. The minimum Gasteiger partial charge on any atom is -0.497 e. The standard InChI is InChI=1S/C27H18O/c1-28-25-14-15-26-19(8-4-11-24(26)17-25)12-13-20-9-5-10-23-16-21-6-2-3-7-22(21)18-27(20)23/h2-11,14-18H,1H3. The molecule has 0 unspecified atom stereocenters. The molecule has 0 saturated heterocycles. The van der Waals surface area contributed by atoms with Crippen molar-refractivity contribution in [3.05, 3.63) is 102 Å². The van der Waals surface area contributed by atoms with Crippen molar-refractivity contribution in [3.8, 4) is 17.6 Å². The molecule has 0 heterocycles. The van der Waals surface area contributed by atoms with Gasteiger partial charge in [0.1, 0.15) is 5.75 Å². The fraction of sp³-hybridized carbons (Fsp3) is 0.0370. The van der Waals surface area contributed by atoms with E-state index in [2.05, 4.69) is 84.6 Å². The van der Waals surface area contributed by atoms with E-state index in [-0.39, 0.29) is 0 Å². The maximum Gasteiger partial charge on any atom is 0.119 e. The smallest absolute Gasteiger partial charge is 0.119 e. The molecule has 132 valence electrons. The second kappa shape index (κ2) is 6.76. The Bertz CT molecular complexity index is 1400. The van der Waals surface area contributed by atoms with Crippen molar-refractivity contribution in [3.63, 3.8) is 0 Å². The van der Waals surface area contributed by atoms with Crippen LogP contribution in [0.4, 0.5) is 0 Å². The van der Waals surface area contributed by atoms with Crippen molar-refractivity contribution >= 4 is 32.3 Å². The monoisotopic (exact) mass is 358 g/mol. The van der Waals surface area contributed by atoms with Gasteiger partial charge in [-0.2, -0.15) is 0 Å². The molecule has 0 aliphatic rings. The van der Waals surface area contributed by atoms with Gasteiger partial charge >= 0.3 is 0 Å². The highest BCUT2D eigenvalue weighted by Crippen LogP contribution is 2.26. The van der Waals surface area contributed by atoms with E-state index >= 15 is 0 Å². The van der Waals surface area contributed by atoms with Gasteiger partial charge in [0.05, 0.1) is 7.11 Å². The van der Waals surface area contributed by atoms with Crippen molar-refractivity contribution < 1.29 is 4.74 Å². The maximum absolute atomic E-state index is 5.34. The maximum atomic E-state index is 5.34. The molecule has 5 aromatic carbocycles. The van der Waals surface area contributed by atoms with E-state index in [1.807, 2.05) is 18.2 Å². The van der Waals surface area contributed by atoms with Gasteiger partial charge in [-0.3, -0.25) is 0 Å². The van der Waals surface area contributed by atoms with Crippen LogP contribution in [0.15, 0.2) is 91.0 Å². The number of rotatable bonds is 1. The van der Waals surface area contributed by atoms with Crippen LogP contribution in [0.2, 0.25) is 0 Å². The van der Waals surface area contributed by atoms with Crippen LogP contribution in [-0.2, 0) is 0 Å². The Hall–Kier alpha value is -3.76. The van der Waals surface area contributed by atoms with Gasteiger partial charge in [0.15, 0.2) is 0 Å². The lowest BCUT2D eigenvalue weighted by atomic mass is 9.99. The first-order valence-corrected chi connectivity index (χ1v) is 9.32. The van der Waals surface area contributed by atoms with Crippen LogP contribution in [0.3, 0.4) is 0 Å². The van der Waals surface area contributed by atoms with Crippen LogP contribution in [0, 0.1) is 11.8 Å². The molecule has 0 bridgehead atoms. The van der Waals surface area contributed by atoms with Gasteiger partial charge in [0.2, 0.25) is 0 Å². The zero-order valence-electron chi connectivity index (χ0n) is 15.6. The third-order valence-electron chi connectivity index (χ3n) is 5.17. The summed E-state index contributed by atoms with van der Waals surface area (Å²) < 4.78 is 5.34. The molecule has 5 rings (SSSR count). The fourth-order valence-corrected chi connectivity index (χ4v) is 3.71. The number of benzene rings is 5. The highest BCUT2D eigenvalue weighted by Gasteiger charge is 2.03. The van der Waals surface area contributed by atoms with Crippen molar-refractivity contribution in [2.75, 3.05) is 7.11 Å². The van der Waals surface area contributed by atoms with E-state index < -0.39 is 0 Å². The third kappa shape index (κ3) is 2.86. The SMILES string of the molecule is COc1ccc2c(C#Cc3cccc4cc5ccccc5cc34)cccc2c1.